The summed E-state index contributed by atoms with van der Waals surface area (Å²) in [5.74, 6) is 0.520. The fraction of sp³-hybridized carbons (Fsp3) is 0.333. The zero-order valence-corrected chi connectivity index (χ0v) is 8.85. The van der Waals surface area contributed by atoms with Gasteiger partial charge in [-0.3, -0.25) is 0 Å². The number of hydrogen-bond donors (Lipinski definition) is 1. The third kappa shape index (κ3) is 1.95. The van der Waals surface area contributed by atoms with Gasteiger partial charge in [-0.1, -0.05) is 13.8 Å². The summed E-state index contributed by atoms with van der Waals surface area (Å²) in [5.41, 5.74) is 5.60. The molecule has 13 heavy (non-hydrogen) atoms. The largest absolute Gasteiger partial charge is 0.382 e. The maximum absolute atomic E-state index is 5.60. The Balaban J connectivity index is 0.000000396. The van der Waals surface area contributed by atoms with Crippen LogP contribution in [0.25, 0.3) is 10.1 Å². The molecule has 0 amide bonds. The van der Waals surface area contributed by atoms with E-state index in [1.54, 1.807) is 17.5 Å². The molecule has 2 N–H and O–H groups in total. The van der Waals surface area contributed by atoms with Crippen LogP contribution in [0.15, 0.2) is 12.3 Å². The summed E-state index contributed by atoms with van der Waals surface area (Å²) in [7, 11) is 0. The van der Waals surface area contributed by atoms with Crippen molar-refractivity contribution in [2.45, 2.75) is 20.8 Å². The summed E-state index contributed by atoms with van der Waals surface area (Å²) in [6.07, 6.45) is 1.74. The van der Waals surface area contributed by atoms with Crippen molar-refractivity contribution in [2.24, 2.45) is 0 Å². The van der Waals surface area contributed by atoms with Gasteiger partial charge in [-0.25, -0.2) is 0 Å². The monoisotopic (exact) mass is 195 g/mol. The lowest BCUT2D eigenvalue weighted by Crippen LogP contribution is -1.91. The van der Waals surface area contributed by atoms with E-state index >= 15 is 0 Å². The molecule has 2 heterocycles. The number of nitrogen functional groups attached to an aromatic ring is 1. The predicted octanol–water partition coefficient (Wildman–Crippen LogP) is 2.61. The van der Waals surface area contributed by atoms with E-state index in [4.69, 9.17) is 5.73 Å². The van der Waals surface area contributed by atoms with Gasteiger partial charge in [-0.05, 0) is 13.0 Å². The summed E-state index contributed by atoms with van der Waals surface area (Å²) in [6.45, 7) is 6.05. The molecule has 0 aromatic carbocycles. The van der Waals surface area contributed by atoms with Crippen LogP contribution in [0.4, 0.5) is 5.82 Å². The van der Waals surface area contributed by atoms with Gasteiger partial charge in [0.2, 0.25) is 0 Å². The Labute approximate surface area is 81.6 Å². The third-order valence-corrected chi connectivity index (χ3v) is 2.49. The molecule has 0 bridgehead atoms. The summed E-state index contributed by atoms with van der Waals surface area (Å²) in [5, 5.41) is 8.53. The van der Waals surface area contributed by atoms with E-state index in [2.05, 4.69) is 10.2 Å². The van der Waals surface area contributed by atoms with Gasteiger partial charge in [0.15, 0.2) is 5.82 Å². The highest BCUT2D eigenvalue weighted by atomic mass is 32.1. The molecule has 0 saturated heterocycles. The van der Waals surface area contributed by atoms with Crippen LogP contribution < -0.4 is 5.73 Å². The van der Waals surface area contributed by atoms with Crippen LogP contribution in [-0.4, -0.2) is 10.2 Å². The number of thiophene rings is 1. The number of aromatic nitrogens is 2. The van der Waals surface area contributed by atoms with E-state index in [1.807, 2.05) is 26.8 Å². The van der Waals surface area contributed by atoms with Crippen LogP contribution in [0.5, 0.6) is 0 Å². The molecule has 0 aliphatic rings. The topological polar surface area (TPSA) is 51.8 Å². The summed E-state index contributed by atoms with van der Waals surface area (Å²) >= 11 is 1.68. The lowest BCUT2D eigenvalue weighted by atomic mass is 10.3. The fourth-order valence-electron chi connectivity index (χ4n) is 1.03. The average Bonchev–Trinajstić information content (AvgIpc) is 2.51. The third-order valence-electron chi connectivity index (χ3n) is 1.50. The summed E-state index contributed by atoms with van der Waals surface area (Å²) in [4.78, 5) is 1.24. The van der Waals surface area contributed by atoms with Crippen LogP contribution in [0.2, 0.25) is 0 Å². The first kappa shape index (κ1) is 9.92. The van der Waals surface area contributed by atoms with E-state index in [9.17, 15) is 0 Å². The number of rotatable bonds is 0. The molecule has 0 atom stereocenters. The van der Waals surface area contributed by atoms with Crippen LogP contribution in [0, 0.1) is 6.92 Å². The number of hydrogen-bond acceptors (Lipinski definition) is 4. The van der Waals surface area contributed by atoms with Crippen LogP contribution >= 0.6 is 11.3 Å². The molecule has 0 saturated carbocycles. The first-order valence-corrected chi connectivity index (χ1v) is 5.06. The van der Waals surface area contributed by atoms with Crippen molar-refractivity contribution in [2.75, 3.05) is 5.73 Å². The Bertz CT molecular complexity index is 395. The van der Waals surface area contributed by atoms with Crippen molar-refractivity contribution in [1.29, 1.82) is 0 Å². The second-order valence-electron chi connectivity index (χ2n) is 2.36. The molecule has 0 radical (unpaired) electrons. The van der Waals surface area contributed by atoms with Crippen molar-refractivity contribution in [3.05, 3.63) is 17.1 Å². The minimum atomic E-state index is 0.520. The predicted molar refractivity (Wildman–Crippen MR) is 57.9 cm³/mol. The molecule has 2 aromatic heterocycles. The minimum Gasteiger partial charge on any atom is -0.382 e. The van der Waals surface area contributed by atoms with Gasteiger partial charge in [0.1, 0.15) is 0 Å². The van der Waals surface area contributed by atoms with E-state index < -0.39 is 0 Å². The van der Waals surface area contributed by atoms with Crippen molar-refractivity contribution in [3.8, 4) is 0 Å². The van der Waals surface area contributed by atoms with E-state index in [0.29, 0.717) is 5.82 Å². The van der Waals surface area contributed by atoms with Crippen molar-refractivity contribution < 1.29 is 0 Å². The lowest BCUT2D eigenvalue weighted by molar-refractivity contribution is 1.06. The molecule has 0 aliphatic carbocycles. The SMILES string of the molecule is CC.Cc1cc2c(N)nncc2s1. The van der Waals surface area contributed by atoms with E-state index in [0.717, 1.165) is 10.1 Å². The molecular weight excluding hydrogens is 182 g/mol. The highest BCUT2D eigenvalue weighted by molar-refractivity contribution is 7.19. The number of nitrogens with zero attached hydrogens (tertiary/aromatic N) is 2. The van der Waals surface area contributed by atoms with Gasteiger partial charge in [0.25, 0.3) is 0 Å². The Kier molecular flexibility index (Phi) is 3.19. The Morgan fingerprint density at radius 2 is 2.08 bits per heavy atom. The maximum atomic E-state index is 5.60. The number of nitrogens with two attached hydrogens (primary N) is 1. The van der Waals surface area contributed by atoms with E-state index in [-0.39, 0.29) is 0 Å². The average molecular weight is 195 g/mol. The molecular formula is C9H13N3S. The minimum absolute atomic E-state index is 0.520. The molecule has 0 spiro atoms. The first-order valence-electron chi connectivity index (χ1n) is 4.24. The van der Waals surface area contributed by atoms with Crippen LogP contribution in [0.1, 0.15) is 18.7 Å². The standard InChI is InChI=1S/C7H7N3S.C2H6/c1-4-2-5-6(11-4)3-9-10-7(5)8;1-2/h2-3H,1H3,(H2,8,10);1-2H3. The van der Waals surface area contributed by atoms with Gasteiger partial charge in [-0.2, -0.15) is 5.10 Å². The van der Waals surface area contributed by atoms with Crippen molar-refractivity contribution >= 4 is 27.2 Å². The summed E-state index contributed by atoms with van der Waals surface area (Å²) < 4.78 is 1.11. The zero-order valence-electron chi connectivity index (χ0n) is 8.03. The normalized spacial score (nSPS) is 9.46. The Morgan fingerprint density at radius 3 is 2.69 bits per heavy atom. The molecule has 3 nitrogen and oxygen atoms in total. The van der Waals surface area contributed by atoms with E-state index in [1.165, 1.54) is 4.88 Å². The molecule has 2 rings (SSSR count). The van der Waals surface area contributed by atoms with Gasteiger partial charge in [0, 0.05) is 10.3 Å². The van der Waals surface area contributed by atoms with Gasteiger partial charge in [0.05, 0.1) is 10.9 Å². The van der Waals surface area contributed by atoms with Gasteiger partial charge in [-0.15, -0.1) is 16.4 Å². The smallest absolute Gasteiger partial charge is 0.154 e. The quantitative estimate of drug-likeness (QED) is 0.703. The molecule has 0 unspecified atom stereocenters. The Hall–Kier alpha value is -1.16. The number of anilines is 1. The van der Waals surface area contributed by atoms with Crippen molar-refractivity contribution in [3.63, 3.8) is 0 Å². The summed E-state index contributed by atoms with van der Waals surface area (Å²) in [6, 6.07) is 2.03. The second-order valence-corrected chi connectivity index (χ2v) is 3.65. The fourth-order valence-corrected chi connectivity index (χ4v) is 1.92. The number of fused-ring (bicyclic) bond motifs is 1. The van der Waals surface area contributed by atoms with Crippen molar-refractivity contribution in [1.82, 2.24) is 10.2 Å². The Morgan fingerprint density at radius 1 is 1.38 bits per heavy atom. The second kappa shape index (κ2) is 4.18. The molecule has 4 heteroatoms. The van der Waals surface area contributed by atoms with Gasteiger partial charge >= 0.3 is 0 Å². The molecule has 0 aliphatic heterocycles. The van der Waals surface area contributed by atoms with Crippen LogP contribution in [0.3, 0.4) is 0 Å². The number of aryl methyl sites for hydroxylation is 1. The van der Waals surface area contributed by atoms with Gasteiger partial charge < -0.3 is 5.73 Å². The highest BCUT2D eigenvalue weighted by Gasteiger charge is 2.01. The molecule has 2 aromatic rings. The maximum Gasteiger partial charge on any atom is 0.154 e. The highest BCUT2D eigenvalue weighted by Crippen LogP contribution is 2.26. The molecule has 0 fully saturated rings. The first-order chi connectivity index (χ1) is 6.27. The zero-order chi connectivity index (χ0) is 9.84. The lowest BCUT2D eigenvalue weighted by Gasteiger charge is -1.89. The van der Waals surface area contributed by atoms with Crippen LogP contribution in [-0.2, 0) is 0 Å². The molecule has 70 valence electrons.